The zero-order valence-electron chi connectivity index (χ0n) is 20.4. The third-order valence-electron chi connectivity index (χ3n) is 5.87. The molecule has 3 aromatic rings. The van der Waals surface area contributed by atoms with Crippen LogP contribution in [-0.4, -0.2) is 47.0 Å². The van der Waals surface area contributed by atoms with Crippen molar-refractivity contribution in [3.8, 4) is 17.2 Å². The fourth-order valence-corrected chi connectivity index (χ4v) is 4.28. The van der Waals surface area contributed by atoms with Gasteiger partial charge in [0.1, 0.15) is 23.0 Å². The van der Waals surface area contributed by atoms with E-state index in [2.05, 4.69) is 4.98 Å². The average Bonchev–Trinajstić information content (AvgIpc) is 3.14. The second-order valence-corrected chi connectivity index (χ2v) is 8.08. The standard InChI is InChI=1S/C28H28N2O6/c1-4-35-21-9-10-22(23(16-21)36-5-2)26(31)24-25(19-11-13-29-14-12-19)30(28(33)27(24)32)17-18-7-6-8-20(15-18)34-3/h6-16,25,31H,4-5,17H2,1-3H3/b26-24-. The molecule has 1 saturated heterocycles. The van der Waals surface area contributed by atoms with Gasteiger partial charge in [0, 0.05) is 25.0 Å². The number of nitrogens with zero attached hydrogens (tertiary/aromatic N) is 2. The first-order valence-electron chi connectivity index (χ1n) is 11.7. The first-order valence-corrected chi connectivity index (χ1v) is 11.7. The molecule has 0 radical (unpaired) electrons. The number of aliphatic hydroxyl groups is 1. The molecule has 1 aliphatic heterocycles. The Bertz CT molecular complexity index is 1290. The SMILES string of the molecule is CCOc1ccc(/C(O)=C2/C(=O)C(=O)N(Cc3cccc(OC)c3)C2c2ccncc2)c(OCC)c1. The zero-order chi connectivity index (χ0) is 25.7. The van der Waals surface area contributed by atoms with Crippen LogP contribution in [0.5, 0.6) is 17.2 Å². The largest absolute Gasteiger partial charge is 0.507 e. The second kappa shape index (κ2) is 10.9. The highest BCUT2D eigenvalue weighted by Crippen LogP contribution is 2.42. The van der Waals surface area contributed by atoms with Crippen LogP contribution >= 0.6 is 0 Å². The number of pyridine rings is 1. The van der Waals surface area contributed by atoms with Gasteiger partial charge in [-0.05, 0) is 61.4 Å². The third kappa shape index (κ3) is 4.88. The van der Waals surface area contributed by atoms with E-state index >= 15 is 0 Å². The van der Waals surface area contributed by atoms with Gasteiger partial charge in [0.15, 0.2) is 0 Å². The van der Waals surface area contributed by atoms with E-state index in [1.54, 1.807) is 55.9 Å². The van der Waals surface area contributed by atoms with E-state index in [0.717, 1.165) is 5.56 Å². The predicted octanol–water partition coefficient (Wildman–Crippen LogP) is 4.51. The van der Waals surface area contributed by atoms with Gasteiger partial charge in [0.05, 0.1) is 37.5 Å². The molecule has 8 heteroatoms. The Morgan fingerprint density at radius 3 is 2.42 bits per heavy atom. The number of carbonyl (C=O) groups excluding carboxylic acids is 2. The molecule has 8 nitrogen and oxygen atoms in total. The van der Waals surface area contributed by atoms with Crippen LogP contribution in [0.4, 0.5) is 0 Å². The number of Topliss-reactive ketones (excluding diaryl/α,β-unsaturated/α-hetero) is 1. The Labute approximate surface area is 209 Å². The zero-order valence-corrected chi connectivity index (χ0v) is 20.4. The van der Waals surface area contributed by atoms with E-state index in [1.165, 1.54) is 4.90 Å². The molecule has 0 saturated carbocycles. The molecule has 1 atom stereocenters. The van der Waals surface area contributed by atoms with E-state index in [9.17, 15) is 14.7 Å². The lowest BCUT2D eigenvalue weighted by atomic mass is 9.95. The summed E-state index contributed by atoms with van der Waals surface area (Å²) in [7, 11) is 1.56. The van der Waals surface area contributed by atoms with Crippen LogP contribution in [0.15, 0.2) is 72.6 Å². The number of hydrogen-bond donors (Lipinski definition) is 1. The predicted molar refractivity (Wildman–Crippen MR) is 134 cm³/mol. The summed E-state index contributed by atoms with van der Waals surface area (Å²) in [6.07, 6.45) is 3.17. The van der Waals surface area contributed by atoms with Crippen molar-refractivity contribution in [3.05, 3.63) is 89.3 Å². The summed E-state index contributed by atoms with van der Waals surface area (Å²) >= 11 is 0. The number of carbonyl (C=O) groups is 2. The minimum Gasteiger partial charge on any atom is -0.507 e. The van der Waals surface area contributed by atoms with Crippen molar-refractivity contribution in [2.24, 2.45) is 0 Å². The van der Waals surface area contributed by atoms with Gasteiger partial charge in [-0.25, -0.2) is 0 Å². The summed E-state index contributed by atoms with van der Waals surface area (Å²) in [4.78, 5) is 32.1. The Kier molecular flexibility index (Phi) is 7.53. The third-order valence-corrected chi connectivity index (χ3v) is 5.87. The van der Waals surface area contributed by atoms with Crippen LogP contribution < -0.4 is 14.2 Å². The van der Waals surface area contributed by atoms with Crippen LogP contribution in [0.2, 0.25) is 0 Å². The Balaban J connectivity index is 1.85. The molecular weight excluding hydrogens is 460 g/mol. The van der Waals surface area contributed by atoms with Crippen molar-refractivity contribution < 1.29 is 28.9 Å². The molecule has 186 valence electrons. The highest BCUT2D eigenvalue weighted by Gasteiger charge is 2.46. The molecule has 2 aromatic carbocycles. The molecule has 0 bridgehead atoms. The van der Waals surface area contributed by atoms with E-state index < -0.39 is 17.7 Å². The van der Waals surface area contributed by atoms with E-state index in [4.69, 9.17) is 14.2 Å². The Morgan fingerprint density at radius 2 is 1.72 bits per heavy atom. The van der Waals surface area contributed by atoms with Crippen LogP contribution in [0.25, 0.3) is 5.76 Å². The Morgan fingerprint density at radius 1 is 0.972 bits per heavy atom. The van der Waals surface area contributed by atoms with Gasteiger partial charge in [0.2, 0.25) is 0 Å². The van der Waals surface area contributed by atoms with Crippen molar-refractivity contribution in [2.45, 2.75) is 26.4 Å². The molecule has 1 amide bonds. The molecular formula is C28H28N2O6. The summed E-state index contributed by atoms with van der Waals surface area (Å²) in [6, 6.07) is 14.9. The van der Waals surface area contributed by atoms with Crippen molar-refractivity contribution in [2.75, 3.05) is 20.3 Å². The molecule has 1 aliphatic rings. The van der Waals surface area contributed by atoms with Crippen LogP contribution in [0, 0.1) is 0 Å². The van der Waals surface area contributed by atoms with Gasteiger partial charge in [-0.15, -0.1) is 0 Å². The first kappa shape index (κ1) is 24.8. The summed E-state index contributed by atoms with van der Waals surface area (Å²) in [5.74, 6) is -0.219. The van der Waals surface area contributed by atoms with Gasteiger partial charge in [0.25, 0.3) is 11.7 Å². The molecule has 1 unspecified atom stereocenters. The molecule has 0 aliphatic carbocycles. The first-order chi connectivity index (χ1) is 17.5. The lowest BCUT2D eigenvalue weighted by Gasteiger charge is -2.25. The maximum atomic E-state index is 13.4. The van der Waals surface area contributed by atoms with Crippen LogP contribution in [0.1, 0.15) is 36.6 Å². The average molecular weight is 489 g/mol. The fourth-order valence-electron chi connectivity index (χ4n) is 4.28. The normalized spacial score (nSPS) is 16.8. The smallest absolute Gasteiger partial charge is 0.295 e. The molecule has 0 spiro atoms. The number of methoxy groups -OCH3 is 1. The summed E-state index contributed by atoms with van der Waals surface area (Å²) in [6.45, 7) is 4.64. The number of aromatic nitrogens is 1. The van der Waals surface area contributed by atoms with Crippen LogP contribution in [0.3, 0.4) is 0 Å². The van der Waals surface area contributed by atoms with Gasteiger partial charge in [-0.3, -0.25) is 14.6 Å². The van der Waals surface area contributed by atoms with E-state index in [0.29, 0.717) is 41.6 Å². The number of likely N-dealkylation sites (tertiary alicyclic amines) is 1. The number of ether oxygens (including phenoxy) is 3. The van der Waals surface area contributed by atoms with Gasteiger partial charge >= 0.3 is 0 Å². The highest BCUT2D eigenvalue weighted by molar-refractivity contribution is 6.46. The number of hydrogen-bond acceptors (Lipinski definition) is 7. The number of ketones is 1. The molecule has 1 N–H and O–H groups in total. The summed E-state index contributed by atoms with van der Waals surface area (Å²) < 4.78 is 16.6. The van der Waals surface area contributed by atoms with E-state index in [1.807, 2.05) is 32.0 Å². The molecule has 4 rings (SSSR count). The maximum Gasteiger partial charge on any atom is 0.295 e. The molecule has 36 heavy (non-hydrogen) atoms. The number of benzene rings is 2. The summed E-state index contributed by atoms with van der Waals surface area (Å²) in [5.41, 5.74) is 1.72. The highest BCUT2D eigenvalue weighted by atomic mass is 16.5. The van der Waals surface area contributed by atoms with Gasteiger partial charge in [-0.1, -0.05) is 12.1 Å². The van der Waals surface area contributed by atoms with Crippen molar-refractivity contribution in [1.82, 2.24) is 9.88 Å². The number of aliphatic hydroxyl groups excluding tert-OH is 1. The van der Waals surface area contributed by atoms with Gasteiger partial charge < -0.3 is 24.2 Å². The lowest BCUT2D eigenvalue weighted by Crippen LogP contribution is -2.29. The summed E-state index contributed by atoms with van der Waals surface area (Å²) in [5, 5.41) is 11.5. The molecule has 1 aromatic heterocycles. The van der Waals surface area contributed by atoms with Crippen LogP contribution in [-0.2, 0) is 16.1 Å². The molecule has 1 fully saturated rings. The topological polar surface area (TPSA) is 98.2 Å². The number of rotatable bonds is 9. The van der Waals surface area contributed by atoms with Crippen molar-refractivity contribution >= 4 is 17.4 Å². The quantitative estimate of drug-likeness (QED) is 0.269. The van der Waals surface area contributed by atoms with Gasteiger partial charge in [-0.2, -0.15) is 0 Å². The lowest BCUT2D eigenvalue weighted by molar-refractivity contribution is -0.140. The van der Waals surface area contributed by atoms with Crippen molar-refractivity contribution in [3.63, 3.8) is 0 Å². The monoisotopic (exact) mass is 488 g/mol. The maximum absolute atomic E-state index is 13.4. The minimum atomic E-state index is -0.819. The Hall–Kier alpha value is -4.33. The number of amides is 1. The van der Waals surface area contributed by atoms with E-state index in [-0.39, 0.29) is 17.9 Å². The second-order valence-electron chi connectivity index (χ2n) is 8.08. The minimum absolute atomic E-state index is 0.0146. The van der Waals surface area contributed by atoms with Crippen molar-refractivity contribution in [1.29, 1.82) is 0 Å². The molecule has 2 heterocycles. The fraction of sp³-hybridized carbons (Fsp3) is 0.250.